The fourth-order valence-electron chi connectivity index (χ4n) is 3.74. The van der Waals surface area contributed by atoms with Crippen LogP contribution in [0.2, 0.25) is 0 Å². The van der Waals surface area contributed by atoms with Crippen molar-refractivity contribution in [3.8, 4) is 5.75 Å². The third-order valence-electron chi connectivity index (χ3n) is 5.79. The van der Waals surface area contributed by atoms with E-state index < -0.39 is 41.7 Å². The van der Waals surface area contributed by atoms with Gasteiger partial charge in [0.25, 0.3) is 17.7 Å². The van der Waals surface area contributed by atoms with Gasteiger partial charge in [0.1, 0.15) is 17.6 Å². The van der Waals surface area contributed by atoms with Crippen molar-refractivity contribution in [2.24, 2.45) is 5.92 Å². The molecular formula is C26H29FN2O6. The first-order valence-corrected chi connectivity index (χ1v) is 11.5. The molecule has 2 atom stereocenters. The molecule has 186 valence electrons. The summed E-state index contributed by atoms with van der Waals surface area (Å²) in [7, 11) is 1.52. The van der Waals surface area contributed by atoms with Crippen molar-refractivity contribution in [1.29, 1.82) is 0 Å². The molecule has 8 nitrogen and oxygen atoms in total. The molecule has 0 saturated carbocycles. The first kappa shape index (κ1) is 25.9. The molecular weight excluding hydrogens is 455 g/mol. The number of halogens is 1. The molecule has 0 bridgehead atoms. The van der Waals surface area contributed by atoms with Gasteiger partial charge in [-0.1, -0.05) is 13.8 Å². The molecule has 9 heteroatoms. The highest BCUT2D eigenvalue weighted by molar-refractivity contribution is 6.06. The van der Waals surface area contributed by atoms with E-state index in [-0.39, 0.29) is 24.4 Å². The Bertz CT molecular complexity index is 1070. The van der Waals surface area contributed by atoms with Crippen LogP contribution in [0.25, 0.3) is 0 Å². The number of methoxy groups -OCH3 is 1. The van der Waals surface area contributed by atoms with Crippen LogP contribution in [0.15, 0.2) is 48.5 Å². The highest BCUT2D eigenvalue weighted by Gasteiger charge is 2.36. The lowest BCUT2D eigenvalue weighted by molar-refractivity contribution is -0.161. The molecule has 0 aliphatic carbocycles. The number of amides is 3. The lowest BCUT2D eigenvalue weighted by Crippen LogP contribution is -2.49. The molecule has 2 aromatic carbocycles. The van der Waals surface area contributed by atoms with Crippen molar-refractivity contribution in [3.05, 3.63) is 65.5 Å². The standard InChI is InChI=1S/C26H29FN2O6/c1-16(2)22(28-23(30)17-9-13-20(34-3)14-10-17)26(33)35-21-6-4-5-15-29(25(21)32)24(31)18-7-11-19(27)12-8-18/h7-14,16,21-22H,4-6,15H2,1-3H3,(H,28,30)/t21?,22-/m0/s1. The second-order valence-electron chi connectivity index (χ2n) is 8.65. The van der Waals surface area contributed by atoms with Gasteiger partial charge in [-0.25, -0.2) is 9.18 Å². The molecule has 3 rings (SSSR count). The van der Waals surface area contributed by atoms with E-state index in [0.29, 0.717) is 24.2 Å². The minimum absolute atomic E-state index is 0.165. The Morgan fingerprint density at radius 1 is 1.00 bits per heavy atom. The zero-order valence-corrected chi connectivity index (χ0v) is 20.0. The Morgan fingerprint density at radius 2 is 1.63 bits per heavy atom. The largest absolute Gasteiger partial charge is 0.497 e. The summed E-state index contributed by atoms with van der Waals surface area (Å²) in [6.07, 6.45) is 0.221. The van der Waals surface area contributed by atoms with Crippen molar-refractivity contribution >= 4 is 23.7 Å². The average molecular weight is 485 g/mol. The van der Waals surface area contributed by atoms with Gasteiger partial charge in [-0.05, 0) is 73.7 Å². The predicted octanol–water partition coefficient (Wildman–Crippen LogP) is 3.35. The van der Waals surface area contributed by atoms with E-state index in [2.05, 4.69) is 5.32 Å². The Morgan fingerprint density at radius 3 is 2.23 bits per heavy atom. The van der Waals surface area contributed by atoms with Crippen LogP contribution in [-0.4, -0.2) is 54.4 Å². The molecule has 0 spiro atoms. The molecule has 1 saturated heterocycles. The molecule has 1 unspecified atom stereocenters. The number of imide groups is 1. The van der Waals surface area contributed by atoms with Crippen molar-refractivity contribution in [2.75, 3.05) is 13.7 Å². The maximum atomic E-state index is 13.2. The molecule has 1 fully saturated rings. The topological polar surface area (TPSA) is 102 Å². The van der Waals surface area contributed by atoms with Gasteiger partial charge in [0.2, 0.25) is 0 Å². The predicted molar refractivity (Wildman–Crippen MR) is 125 cm³/mol. The van der Waals surface area contributed by atoms with Gasteiger partial charge in [0.05, 0.1) is 7.11 Å². The van der Waals surface area contributed by atoms with Crippen LogP contribution in [0.4, 0.5) is 4.39 Å². The van der Waals surface area contributed by atoms with Gasteiger partial charge < -0.3 is 14.8 Å². The summed E-state index contributed by atoms with van der Waals surface area (Å²) in [6.45, 7) is 3.67. The molecule has 35 heavy (non-hydrogen) atoms. The normalized spacial score (nSPS) is 16.9. The highest BCUT2D eigenvalue weighted by Crippen LogP contribution is 2.20. The number of hydrogen-bond donors (Lipinski definition) is 1. The van der Waals surface area contributed by atoms with Crippen LogP contribution in [0.5, 0.6) is 5.75 Å². The number of nitrogens with zero attached hydrogens (tertiary/aromatic N) is 1. The molecule has 1 heterocycles. The van der Waals surface area contributed by atoms with Gasteiger partial charge in [0.15, 0.2) is 6.10 Å². The zero-order chi connectivity index (χ0) is 25.5. The van der Waals surface area contributed by atoms with Gasteiger partial charge in [-0.2, -0.15) is 0 Å². The maximum absolute atomic E-state index is 13.2. The molecule has 2 aromatic rings. The third kappa shape index (κ3) is 6.44. The minimum atomic E-state index is -1.16. The lowest BCUT2D eigenvalue weighted by atomic mass is 10.0. The van der Waals surface area contributed by atoms with E-state index in [1.807, 2.05) is 0 Å². The van der Waals surface area contributed by atoms with Gasteiger partial charge in [-0.15, -0.1) is 0 Å². The van der Waals surface area contributed by atoms with E-state index in [1.54, 1.807) is 38.1 Å². The number of nitrogens with one attached hydrogen (secondary N) is 1. The van der Waals surface area contributed by atoms with Crippen LogP contribution >= 0.6 is 0 Å². The summed E-state index contributed by atoms with van der Waals surface area (Å²) < 4.78 is 23.9. The third-order valence-corrected chi connectivity index (χ3v) is 5.79. The minimum Gasteiger partial charge on any atom is -0.497 e. The first-order valence-electron chi connectivity index (χ1n) is 11.5. The van der Waals surface area contributed by atoms with E-state index in [9.17, 15) is 23.6 Å². The van der Waals surface area contributed by atoms with Gasteiger partial charge in [0, 0.05) is 17.7 Å². The first-order chi connectivity index (χ1) is 16.7. The SMILES string of the molecule is COc1ccc(C(=O)N[C@H](C(=O)OC2CCCCN(C(=O)c3ccc(F)cc3)C2=O)C(C)C)cc1. The smallest absolute Gasteiger partial charge is 0.329 e. The summed E-state index contributed by atoms with van der Waals surface area (Å²) in [5, 5.41) is 2.67. The van der Waals surface area contributed by atoms with Crippen LogP contribution in [0.1, 0.15) is 53.8 Å². The van der Waals surface area contributed by atoms with Crippen molar-refractivity contribution in [1.82, 2.24) is 10.2 Å². The van der Waals surface area contributed by atoms with Crippen molar-refractivity contribution < 1.29 is 33.0 Å². The van der Waals surface area contributed by atoms with Crippen LogP contribution in [0.3, 0.4) is 0 Å². The Hall–Kier alpha value is -3.75. The molecule has 1 aliphatic heterocycles. The Labute approximate surface area is 203 Å². The van der Waals surface area contributed by atoms with E-state index in [1.165, 1.54) is 19.2 Å². The number of rotatable bonds is 7. The summed E-state index contributed by atoms with van der Waals surface area (Å²) >= 11 is 0. The number of hydrogen-bond acceptors (Lipinski definition) is 6. The quantitative estimate of drug-likeness (QED) is 0.478. The van der Waals surface area contributed by atoms with Gasteiger partial charge >= 0.3 is 5.97 Å². The average Bonchev–Trinajstić information content (AvgIpc) is 3.03. The summed E-state index contributed by atoms with van der Waals surface area (Å²) in [5.41, 5.74) is 0.504. The number of carbonyl (C=O) groups is 4. The molecule has 0 radical (unpaired) electrons. The molecule has 0 aromatic heterocycles. The second-order valence-corrected chi connectivity index (χ2v) is 8.65. The van der Waals surface area contributed by atoms with Crippen molar-refractivity contribution in [3.63, 3.8) is 0 Å². The van der Waals surface area contributed by atoms with Crippen LogP contribution < -0.4 is 10.1 Å². The fourth-order valence-corrected chi connectivity index (χ4v) is 3.74. The van der Waals surface area contributed by atoms with E-state index >= 15 is 0 Å². The van der Waals surface area contributed by atoms with Gasteiger partial charge in [-0.3, -0.25) is 19.3 Å². The van der Waals surface area contributed by atoms with Crippen LogP contribution in [0, 0.1) is 11.7 Å². The van der Waals surface area contributed by atoms with Crippen LogP contribution in [-0.2, 0) is 14.3 Å². The Balaban J connectivity index is 1.71. The summed E-state index contributed by atoms with van der Waals surface area (Å²) in [4.78, 5) is 52.7. The van der Waals surface area contributed by atoms with E-state index in [4.69, 9.17) is 9.47 Å². The number of benzene rings is 2. The number of esters is 1. The lowest BCUT2D eigenvalue weighted by Gasteiger charge is -2.26. The molecule has 3 amide bonds. The monoisotopic (exact) mass is 484 g/mol. The molecule has 1 aliphatic rings. The second kappa shape index (κ2) is 11.6. The number of carbonyl (C=O) groups excluding carboxylic acids is 4. The Kier molecular flexibility index (Phi) is 8.57. The molecule has 1 N–H and O–H groups in total. The summed E-state index contributed by atoms with van der Waals surface area (Å²) in [6, 6.07) is 10.3. The van der Waals surface area contributed by atoms with Crippen molar-refractivity contribution in [2.45, 2.75) is 45.3 Å². The zero-order valence-electron chi connectivity index (χ0n) is 20.0. The highest BCUT2D eigenvalue weighted by atomic mass is 19.1. The number of likely N-dealkylation sites (tertiary alicyclic amines) is 1. The fraction of sp³-hybridized carbons (Fsp3) is 0.385. The van der Waals surface area contributed by atoms with E-state index in [0.717, 1.165) is 17.0 Å². The maximum Gasteiger partial charge on any atom is 0.329 e. The number of ether oxygens (including phenoxy) is 2. The summed E-state index contributed by atoms with van der Waals surface area (Å²) in [5.74, 6) is -2.65.